The maximum Gasteiger partial charge on any atom is 0.407 e. The molecule has 0 spiro atoms. The molecular formula is C27H39N3O3. The average Bonchev–Trinajstić information content (AvgIpc) is 2.77. The van der Waals surface area contributed by atoms with Crippen LogP contribution >= 0.6 is 0 Å². The van der Waals surface area contributed by atoms with Crippen LogP contribution in [0, 0.1) is 12.8 Å². The van der Waals surface area contributed by atoms with Gasteiger partial charge in [-0.1, -0.05) is 12.1 Å². The van der Waals surface area contributed by atoms with Crippen molar-refractivity contribution < 1.29 is 14.6 Å². The molecule has 6 heteroatoms. The minimum Gasteiger partial charge on any atom is -0.494 e. The van der Waals surface area contributed by atoms with Gasteiger partial charge in [-0.3, -0.25) is 4.98 Å². The zero-order valence-corrected chi connectivity index (χ0v) is 20.7. The summed E-state index contributed by atoms with van der Waals surface area (Å²) in [6.07, 6.45) is 5.31. The number of nitrogens with zero attached hydrogens (tertiary/aromatic N) is 2. The molecule has 1 heterocycles. The summed E-state index contributed by atoms with van der Waals surface area (Å²) in [5.41, 5.74) is 4.04. The molecule has 6 nitrogen and oxygen atoms in total. The molecular weight excluding hydrogens is 414 g/mol. The Morgan fingerprint density at radius 1 is 1.15 bits per heavy atom. The van der Waals surface area contributed by atoms with E-state index in [-0.39, 0.29) is 5.54 Å². The molecule has 0 radical (unpaired) electrons. The lowest BCUT2D eigenvalue weighted by Crippen LogP contribution is -2.48. The summed E-state index contributed by atoms with van der Waals surface area (Å²) in [7, 11) is 0. The third-order valence-electron chi connectivity index (χ3n) is 6.51. The molecule has 0 unspecified atom stereocenters. The maximum absolute atomic E-state index is 11.7. The third-order valence-corrected chi connectivity index (χ3v) is 6.51. The summed E-state index contributed by atoms with van der Waals surface area (Å²) in [5, 5.41) is 13.3. The zero-order valence-electron chi connectivity index (χ0n) is 20.7. The number of aryl methyl sites for hydroxylation is 1. The lowest BCUT2D eigenvalue weighted by molar-refractivity contribution is 0.0812. The molecule has 1 saturated carbocycles. The van der Waals surface area contributed by atoms with Crippen LogP contribution in [0.3, 0.4) is 0 Å². The zero-order chi connectivity index (χ0) is 24.0. The topological polar surface area (TPSA) is 74.7 Å². The summed E-state index contributed by atoms with van der Waals surface area (Å²) < 4.78 is 5.89. The number of hydrogen-bond acceptors (Lipinski definition) is 4. The summed E-state index contributed by atoms with van der Waals surface area (Å²) in [6, 6.07) is 10.9. The van der Waals surface area contributed by atoms with E-state index >= 15 is 0 Å². The van der Waals surface area contributed by atoms with E-state index in [4.69, 9.17) is 4.74 Å². The molecule has 1 aliphatic rings. The Labute approximate surface area is 198 Å². The summed E-state index contributed by atoms with van der Waals surface area (Å²) in [6.45, 7) is 11.9. The first-order valence-electron chi connectivity index (χ1n) is 12.1. The van der Waals surface area contributed by atoms with Crippen LogP contribution in [0.5, 0.6) is 5.75 Å². The minimum atomic E-state index is -0.824. The smallest absolute Gasteiger partial charge is 0.407 e. The standard InChI is InChI=1S/C27H39N3O3/c1-6-33-25-14-11-21(22-10-7-19(2)28-16-22)15-23(25)17-29-24-12-8-20(9-13-24)18-30(26(31)32)27(3,4)5/h7,10-11,14-16,20,24,29H,6,8-9,12-13,17-18H2,1-5H3,(H,31,32). The van der Waals surface area contributed by atoms with Crippen LogP contribution in [-0.4, -0.2) is 45.8 Å². The Kier molecular flexibility index (Phi) is 8.35. The number of nitrogens with one attached hydrogen (secondary N) is 1. The van der Waals surface area contributed by atoms with Gasteiger partial charge in [0, 0.05) is 47.7 Å². The Bertz CT molecular complexity index is 913. The van der Waals surface area contributed by atoms with Gasteiger partial charge >= 0.3 is 6.09 Å². The lowest BCUT2D eigenvalue weighted by Gasteiger charge is -2.38. The van der Waals surface area contributed by atoms with E-state index in [1.165, 1.54) is 0 Å². The fraction of sp³-hybridized carbons (Fsp3) is 0.556. The molecule has 1 aromatic carbocycles. The van der Waals surface area contributed by atoms with E-state index in [1.54, 1.807) is 4.90 Å². The molecule has 2 aromatic rings. The number of benzene rings is 1. The number of ether oxygens (including phenoxy) is 1. The van der Waals surface area contributed by atoms with Crippen molar-refractivity contribution in [1.82, 2.24) is 15.2 Å². The van der Waals surface area contributed by atoms with E-state index in [9.17, 15) is 9.90 Å². The number of amides is 1. The van der Waals surface area contributed by atoms with Gasteiger partial charge in [0.1, 0.15) is 5.75 Å². The Balaban J connectivity index is 1.60. The first-order valence-corrected chi connectivity index (χ1v) is 12.1. The highest BCUT2D eigenvalue weighted by molar-refractivity contribution is 5.66. The first kappa shape index (κ1) is 25.0. The Hall–Kier alpha value is -2.60. The second kappa shape index (κ2) is 11.0. The van der Waals surface area contributed by atoms with Gasteiger partial charge in [0.05, 0.1) is 6.61 Å². The largest absolute Gasteiger partial charge is 0.494 e. The van der Waals surface area contributed by atoms with Crippen LogP contribution in [0.25, 0.3) is 11.1 Å². The number of carbonyl (C=O) groups is 1. The van der Waals surface area contributed by atoms with Crippen molar-refractivity contribution in [3.63, 3.8) is 0 Å². The van der Waals surface area contributed by atoms with E-state index in [0.717, 1.165) is 60.4 Å². The monoisotopic (exact) mass is 453 g/mol. The molecule has 33 heavy (non-hydrogen) atoms. The second-order valence-electron chi connectivity index (χ2n) is 10.1. The van der Waals surface area contributed by atoms with Gasteiger partial charge in [-0.25, -0.2) is 4.79 Å². The van der Waals surface area contributed by atoms with E-state index in [1.807, 2.05) is 46.9 Å². The highest BCUT2D eigenvalue weighted by Gasteiger charge is 2.30. The van der Waals surface area contributed by atoms with Gasteiger partial charge in [0.25, 0.3) is 0 Å². The van der Waals surface area contributed by atoms with Gasteiger partial charge in [-0.2, -0.15) is 0 Å². The number of hydrogen-bond donors (Lipinski definition) is 2. The summed E-state index contributed by atoms with van der Waals surface area (Å²) >= 11 is 0. The molecule has 2 N–H and O–H groups in total. The quantitative estimate of drug-likeness (QED) is 0.522. The number of carboxylic acid groups (broad SMARTS) is 1. The maximum atomic E-state index is 11.7. The third kappa shape index (κ3) is 6.94. The van der Waals surface area contributed by atoms with E-state index in [2.05, 4.69) is 34.6 Å². The van der Waals surface area contributed by atoms with Crippen LogP contribution in [0.4, 0.5) is 4.79 Å². The molecule has 0 aliphatic heterocycles. The van der Waals surface area contributed by atoms with Crippen molar-refractivity contribution in [2.75, 3.05) is 13.2 Å². The van der Waals surface area contributed by atoms with Crippen LogP contribution in [0.2, 0.25) is 0 Å². The van der Waals surface area contributed by atoms with E-state index < -0.39 is 6.09 Å². The predicted octanol–water partition coefficient (Wildman–Crippen LogP) is 5.88. The first-order chi connectivity index (χ1) is 15.7. The molecule has 0 bridgehead atoms. The van der Waals surface area contributed by atoms with Crippen molar-refractivity contribution in [2.45, 2.75) is 78.4 Å². The SMILES string of the molecule is CCOc1ccc(-c2ccc(C)nc2)cc1CNC1CCC(CN(C(=O)O)C(C)(C)C)CC1. The highest BCUT2D eigenvalue weighted by atomic mass is 16.5. The van der Waals surface area contributed by atoms with Crippen molar-refractivity contribution in [3.05, 3.63) is 47.8 Å². The van der Waals surface area contributed by atoms with Gasteiger partial charge in [-0.15, -0.1) is 0 Å². The summed E-state index contributed by atoms with van der Waals surface area (Å²) in [4.78, 5) is 17.7. The molecule has 1 fully saturated rings. The molecule has 180 valence electrons. The fourth-order valence-corrected chi connectivity index (χ4v) is 4.53. The van der Waals surface area contributed by atoms with Crippen LogP contribution in [0.1, 0.15) is 64.6 Å². The second-order valence-corrected chi connectivity index (χ2v) is 10.1. The van der Waals surface area contributed by atoms with Crippen molar-refractivity contribution >= 4 is 6.09 Å². The average molecular weight is 454 g/mol. The predicted molar refractivity (Wildman–Crippen MR) is 133 cm³/mol. The molecule has 3 rings (SSSR count). The van der Waals surface area contributed by atoms with Crippen LogP contribution < -0.4 is 10.1 Å². The van der Waals surface area contributed by atoms with Gasteiger partial charge in [0.15, 0.2) is 0 Å². The van der Waals surface area contributed by atoms with Crippen molar-refractivity contribution in [3.8, 4) is 16.9 Å². The van der Waals surface area contributed by atoms with Gasteiger partial charge < -0.3 is 20.1 Å². The number of pyridine rings is 1. The van der Waals surface area contributed by atoms with Crippen LogP contribution in [0.15, 0.2) is 36.5 Å². The van der Waals surface area contributed by atoms with Gasteiger partial charge in [-0.05, 0) is 90.0 Å². The van der Waals surface area contributed by atoms with Crippen molar-refractivity contribution in [1.29, 1.82) is 0 Å². The van der Waals surface area contributed by atoms with Crippen LogP contribution in [-0.2, 0) is 6.54 Å². The molecule has 0 saturated heterocycles. The summed E-state index contributed by atoms with van der Waals surface area (Å²) in [5.74, 6) is 1.35. The minimum absolute atomic E-state index is 0.366. The Morgan fingerprint density at radius 2 is 1.85 bits per heavy atom. The highest BCUT2D eigenvalue weighted by Crippen LogP contribution is 2.30. The van der Waals surface area contributed by atoms with Gasteiger partial charge in [0.2, 0.25) is 0 Å². The molecule has 0 atom stereocenters. The fourth-order valence-electron chi connectivity index (χ4n) is 4.53. The normalized spacial score (nSPS) is 18.7. The van der Waals surface area contributed by atoms with Crippen molar-refractivity contribution in [2.24, 2.45) is 5.92 Å². The number of rotatable bonds is 8. The Morgan fingerprint density at radius 3 is 2.42 bits per heavy atom. The molecule has 1 amide bonds. The lowest BCUT2D eigenvalue weighted by atomic mass is 9.85. The van der Waals surface area contributed by atoms with E-state index in [0.29, 0.717) is 25.1 Å². The molecule has 1 aromatic heterocycles. The molecule has 1 aliphatic carbocycles. The number of aromatic nitrogens is 1.